The third-order valence-corrected chi connectivity index (χ3v) is 2.42. The number of rotatable bonds is 4. The summed E-state index contributed by atoms with van der Waals surface area (Å²) in [6, 6.07) is 0. The van der Waals surface area contributed by atoms with Crippen molar-refractivity contribution in [3.05, 3.63) is 0 Å². The summed E-state index contributed by atoms with van der Waals surface area (Å²) < 4.78 is 5.25. The van der Waals surface area contributed by atoms with Gasteiger partial charge in [-0.1, -0.05) is 19.3 Å². The first-order chi connectivity index (χ1) is 5.77. The molecule has 1 aliphatic rings. The molecular formula is C9H19NO2. The Morgan fingerprint density at radius 3 is 2.50 bits per heavy atom. The highest BCUT2D eigenvalue weighted by Crippen LogP contribution is 2.27. The maximum absolute atomic E-state index is 9.93. The molecule has 0 aliphatic heterocycles. The van der Waals surface area contributed by atoms with Crippen molar-refractivity contribution in [1.29, 1.82) is 0 Å². The van der Waals surface area contributed by atoms with Crippen LogP contribution in [0, 0.1) is 0 Å². The minimum atomic E-state index is -0.548. The fraction of sp³-hybridized carbons (Fsp3) is 1.00. The Morgan fingerprint density at radius 2 is 1.92 bits per heavy atom. The van der Waals surface area contributed by atoms with Gasteiger partial charge in [0.1, 0.15) is 0 Å². The molecule has 0 aromatic heterocycles. The molecule has 3 N–H and O–H groups in total. The first-order valence-corrected chi connectivity index (χ1v) is 4.77. The zero-order valence-corrected chi connectivity index (χ0v) is 7.59. The summed E-state index contributed by atoms with van der Waals surface area (Å²) in [5, 5.41) is 9.93. The summed E-state index contributed by atoms with van der Waals surface area (Å²) in [5.74, 6) is 0. The largest absolute Gasteiger partial charge is 0.387 e. The van der Waals surface area contributed by atoms with Crippen molar-refractivity contribution in [2.24, 2.45) is 5.73 Å². The maximum Gasteiger partial charge on any atom is 0.0880 e. The molecule has 0 amide bonds. The lowest BCUT2D eigenvalue weighted by Crippen LogP contribution is -2.37. The second-order valence-corrected chi connectivity index (χ2v) is 3.63. The van der Waals surface area contributed by atoms with E-state index in [1.807, 2.05) is 0 Å². The smallest absolute Gasteiger partial charge is 0.0880 e. The van der Waals surface area contributed by atoms with Crippen molar-refractivity contribution in [3.8, 4) is 0 Å². The van der Waals surface area contributed by atoms with E-state index in [4.69, 9.17) is 10.5 Å². The van der Waals surface area contributed by atoms with Crippen LogP contribution in [-0.2, 0) is 4.74 Å². The normalized spacial score (nSPS) is 22.5. The quantitative estimate of drug-likeness (QED) is 0.614. The third kappa shape index (κ3) is 3.09. The lowest BCUT2D eigenvalue weighted by atomic mass is 9.86. The van der Waals surface area contributed by atoms with Gasteiger partial charge in [-0.3, -0.25) is 0 Å². The molecule has 0 aromatic carbocycles. The van der Waals surface area contributed by atoms with E-state index in [0.717, 1.165) is 25.7 Å². The SMILES string of the molecule is NCCOCC1(O)CCCCC1. The van der Waals surface area contributed by atoms with Gasteiger partial charge in [-0.15, -0.1) is 0 Å². The summed E-state index contributed by atoms with van der Waals surface area (Å²) in [5.41, 5.74) is 4.73. The van der Waals surface area contributed by atoms with E-state index in [0.29, 0.717) is 19.8 Å². The van der Waals surface area contributed by atoms with Crippen LogP contribution in [0.4, 0.5) is 0 Å². The van der Waals surface area contributed by atoms with Crippen molar-refractivity contribution in [2.45, 2.75) is 37.7 Å². The van der Waals surface area contributed by atoms with Gasteiger partial charge in [-0.05, 0) is 12.8 Å². The van der Waals surface area contributed by atoms with Crippen molar-refractivity contribution in [1.82, 2.24) is 0 Å². The third-order valence-electron chi connectivity index (χ3n) is 2.42. The Hall–Kier alpha value is -0.120. The fourth-order valence-corrected chi connectivity index (χ4v) is 1.70. The first kappa shape index (κ1) is 9.96. The van der Waals surface area contributed by atoms with Gasteiger partial charge in [0, 0.05) is 6.54 Å². The highest BCUT2D eigenvalue weighted by molar-refractivity contribution is 4.81. The molecule has 0 spiro atoms. The van der Waals surface area contributed by atoms with E-state index in [1.54, 1.807) is 0 Å². The summed E-state index contributed by atoms with van der Waals surface area (Å²) in [6.45, 7) is 1.56. The molecule has 0 unspecified atom stereocenters. The number of ether oxygens (including phenoxy) is 1. The monoisotopic (exact) mass is 173 g/mol. The van der Waals surface area contributed by atoms with E-state index >= 15 is 0 Å². The summed E-state index contributed by atoms with van der Waals surface area (Å²) in [4.78, 5) is 0. The second-order valence-electron chi connectivity index (χ2n) is 3.63. The van der Waals surface area contributed by atoms with E-state index in [-0.39, 0.29) is 0 Å². The Balaban J connectivity index is 2.17. The molecule has 1 saturated carbocycles. The van der Waals surface area contributed by atoms with Gasteiger partial charge in [0.05, 0.1) is 18.8 Å². The molecule has 72 valence electrons. The van der Waals surface area contributed by atoms with Crippen LogP contribution in [0.5, 0.6) is 0 Å². The van der Waals surface area contributed by atoms with Gasteiger partial charge in [0.15, 0.2) is 0 Å². The first-order valence-electron chi connectivity index (χ1n) is 4.77. The number of hydrogen-bond donors (Lipinski definition) is 2. The summed E-state index contributed by atoms with van der Waals surface area (Å²) in [6.07, 6.45) is 5.28. The van der Waals surface area contributed by atoms with Gasteiger partial charge in [0.2, 0.25) is 0 Å². The van der Waals surface area contributed by atoms with Crippen LogP contribution in [0.15, 0.2) is 0 Å². The van der Waals surface area contributed by atoms with E-state index in [2.05, 4.69) is 0 Å². The van der Waals surface area contributed by atoms with Crippen LogP contribution in [-0.4, -0.2) is 30.5 Å². The van der Waals surface area contributed by atoms with Gasteiger partial charge < -0.3 is 15.6 Å². The molecule has 0 radical (unpaired) electrons. The minimum absolute atomic E-state index is 0.462. The zero-order valence-electron chi connectivity index (χ0n) is 7.59. The van der Waals surface area contributed by atoms with Crippen LogP contribution in [0.3, 0.4) is 0 Å². The zero-order chi connectivity index (χ0) is 8.86. The predicted octanol–water partition coefficient (Wildman–Crippen LogP) is 0.657. The molecule has 0 saturated heterocycles. The van der Waals surface area contributed by atoms with Crippen LogP contribution in [0.25, 0.3) is 0 Å². The molecule has 1 fully saturated rings. The van der Waals surface area contributed by atoms with E-state index in [1.165, 1.54) is 6.42 Å². The maximum atomic E-state index is 9.93. The minimum Gasteiger partial charge on any atom is -0.387 e. The molecular weight excluding hydrogens is 154 g/mol. The molecule has 0 aromatic rings. The van der Waals surface area contributed by atoms with Crippen LogP contribution >= 0.6 is 0 Å². The average molecular weight is 173 g/mol. The summed E-state index contributed by atoms with van der Waals surface area (Å²) >= 11 is 0. The molecule has 0 atom stereocenters. The Labute approximate surface area is 73.9 Å². The second kappa shape index (κ2) is 4.80. The molecule has 3 heteroatoms. The topological polar surface area (TPSA) is 55.5 Å². The standard InChI is InChI=1S/C9H19NO2/c10-6-7-12-8-9(11)4-2-1-3-5-9/h11H,1-8,10H2. The molecule has 0 heterocycles. The number of aliphatic hydroxyl groups is 1. The average Bonchev–Trinajstić information content (AvgIpc) is 2.06. The Bertz CT molecular complexity index is 122. The van der Waals surface area contributed by atoms with Crippen molar-refractivity contribution in [2.75, 3.05) is 19.8 Å². The molecule has 12 heavy (non-hydrogen) atoms. The lowest BCUT2D eigenvalue weighted by Gasteiger charge is -2.31. The van der Waals surface area contributed by atoms with Crippen LogP contribution in [0.2, 0.25) is 0 Å². The van der Waals surface area contributed by atoms with Crippen molar-refractivity contribution < 1.29 is 9.84 Å². The molecule has 3 nitrogen and oxygen atoms in total. The Kier molecular flexibility index (Phi) is 3.98. The summed E-state index contributed by atoms with van der Waals surface area (Å²) in [7, 11) is 0. The van der Waals surface area contributed by atoms with Crippen LogP contribution in [0.1, 0.15) is 32.1 Å². The fourth-order valence-electron chi connectivity index (χ4n) is 1.70. The molecule has 1 rings (SSSR count). The van der Waals surface area contributed by atoms with Gasteiger partial charge >= 0.3 is 0 Å². The highest BCUT2D eigenvalue weighted by Gasteiger charge is 2.28. The Morgan fingerprint density at radius 1 is 1.25 bits per heavy atom. The molecule has 0 bridgehead atoms. The van der Waals surface area contributed by atoms with E-state index < -0.39 is 5.60 Å². The van der Waals surface area contributed by atoms with Crippen molar-refractivity contribution in [3.63, 3.8) is 0 Å². The lowest BCUT2D eigenvalue weighted by molar-refractivity contribution is -0.0667. The predicted molar refractivity (Wildman–Crippen MR) is 47.9 cm³/mol. The molecule has 1 aliphatic carbocycles. The number of hydrogen-bond acceptors (Lipinski definition) is 3. The van der Waals surface area contributed by atoms with Crippen LogP contribution < -0.4 is 5.73 Å². The number of nitrogens with two attached hydrogens (primary N) is 1. The van der Waals surface area contributed by atoms with Gasteiger partial charge in [-0.25, -0.2) is 0 Å². The van der Waals surface area contributed by atoms with Crippen molar-refractivity contribution >= 4 is 0 Å². The highest BCUT2D eigenvalue weighted by atomic mass is 16.5. The van der Waals surface area contributed by atoms with Gasteiger partial charge in [0.25, 0.3) is 0 Å². The van der Waals surface area contributed by atoms with Gasteiger partial charge in [-0.2, -0.15) is 0 Å². The van der Waals surface area contributed by atoms with E-state index in [9.17, 15) is 5.11 Å².